The van der Waals surface area contributed by atoms with Crippen LogP contribution in [0.2, 0.25) is 0 Å². The van der Waals surface area contributed by atoms with Crippen LogP contribution in [0.5, 0.6) is 0 Å². The average Bonchev–Trinajstić information content (AvgIpc) is 2.99. The number of amides is 3. The molecule has 6 nitrogen and oxygen atoms in total. The zero-order valence-corrected chi connectivity index (χ0v) is 25.0. The van der Waals surface area contributed by atoms with E-state index in [1.807, 2.05) is 74.5 Å². The first-order chi connectivity index (χ1) is 20.2. The van der Waals surface area contributed by atoms with E-state index in [1.54, 1.807) is 42.5 Å². The molecule has 0 bridgehead atoms. The van der Waals surface area contributed by atoms with Gasteiger partial charge in [-0.3, -0.25) is 14.4 Å². The zero-order chi connectivity index (χ0) is 30.1. The Hall–Kier alpha value is -4.62. The normalized spacial score (nSPS) is 11.2. The van der Waals surface area contributed by atoms with Crippen LogP contribution in [0, 0.1) is 13.8 Å². The molecule has 0 aliphatic heterocycles. The molecule has 0 heterocycles. The summed E-state index contributed by atoms with van der Waals surface area (Å²) in [5, 5.41) is 8.62. The Balaban J connectivity index is 1.42. The smallest absolute Gasteiger partial charge is 0.272 e. The van der Waals surface area contributed by atoms with Crippen molar-refractivity contribution < 1.29 is 14.4 Å². The van der Waals surface area contributed by atoms with E-state index >= 15 is 0 Å². The van der Waals surface area contributed by atoms with Gasteiger partial charge in [0.1, 0.15) is 5.70 Å². The molecule has 0 radical (unpaired) electrons. The molecular formula is C35H35N3O3S. The van der Waals surface area contributed by atoms with Crippen molar-refractivity contribution in [1.29, 1.82) is 0 Å². The molecule has 4 aromatic rings. The van der Waals surface area contributed by atoms with E-state index in [0.29, 0.717) is 17.2 Å². The van der Waals surface area contributed by atoms with E-state index in [2.05, 4.69) is 29.8 Å². The Morgan fingerprint density at radius 2 is 1.48 bits per heavy atom. The first-order valence-corrected chi connectivity index (χ1v) is 14.8. The van der Waals surface area contributed by atoms with Crippen molar-refractivity contribution in [3.63, 3.8) is 0 Å². The van der Waals surface area contributed by atoms with Crippen LogP contribution in [0.25, 0.3) is 6.08 Å². The molecule has 3 N–H and O–H groups in total. The summed E-state index contributed by atoms with van der Waals surface area (Å²) in [6, 6.07) is 29.7. The van der Waals surface area contributed by atoms with E-state index in [9.17, 15) is 14.4 Å². The second-order valence-corrected chi connectivity index (χ2v) is 11.3. The molecule has 0 aliphatic carbocycles. The Kier molecular flexibility index (Phi) is 10.3. The van der Waals surface area contributed by atoms with Gasteiger partial charge in [0, 0.05) is 21.8 Å². The lowest BCUT2D eigenvalue weighted by atomic mass is 10.0. The van der Waals surface area contributed by atoms with Crippen LogP contribution in [0.4, 0.5) is 11.4 Å². The van der Waals surface area contributed by atoms with Crippen molar-refractivity contribution >= 4 is 46.9 Å². The summed E-state index contributed by atoms with van der Waals surface area (Å²) in [4.78, 5) is 39.6. The molecule has 214 valence electrons. The summed E-state index contributed by atoms with van der Waals surface area (Å²) in [7, 11) is 0. The predicted molar refractivity (Wildman–Crippen MR) is 173 cm³/mol. The summed E-state index contributed by atoms with van der Waals surface area (Å²) in [6.07, 6.45) is 1.67. The summed E-state index contributed by atoms with van der Waals surface area (Å²) >= 11 is 1.41. The van der Waals surface area contributed by atoms with Gasteiger partial charge in [0.25, 0.3) is 11.8 Å². The fourth-order valence-corrected chi connectivity index (χ4v) is 4.84. The number of hydrogen-bond acceptors (Lipinski definition) is 4. The highest BCUT2D eigenvalue weighted by atomic mass is 32.2. The molecule has 0 spiro atoms. The number of carbonyl (C=O) groups is 3. The molecule has 4 aromatic carbocycles. The molecule has 3 amide bonds. The molecule has 0 fully saturated rings. The maximum absolute atomic E-state index is 13.3. The lowest BCUT2D eigenvalue weighted by Crippen LogP contribution is -2.30. The highest BCUT2D eigenvalue weighted by molar-refractivity contribution is 8.00. The molecule has 0 saturated heterocycles. The lowest BCUT2D eigenvalue weighted by Gasteiger charge is -2.12. The van der Waals surface area contributed by atoms with Crippen molar-refractivity contribution in [2.24, 2.45) is 0 Å². The first kappa shape index (κ1) is 30.3. The highest BCUT2D eigenvalue weighted by Gasteiger charge is 2.15. The Morgan fingerprint density at radius 1 is 0.786 bits per heavy atom. The number of aryl methyl sites for hydroxylation is 1. The molecule has 0 saturated carbocycles. The zero-order valence-electron chi connectivity index (χ0n) is 24.2. The third kappa shape index (κ3) is 8.44. The number of hydrogen-bond donors (Lipinski definition) is 3. The van der Waals surface area contributed by atoms with Crippen molar-refractivity contribution in [1.82, 2.24) is 5.32 Å². The minimum Gasteiger partial charge on any atom is -0.325 e. The molecule has 0 aliphatic rings. The van der Waals surface area contributed by atoms with E-state index in [1.165, 1.54) is 17.3 Å². The minimum absolute atomic E-state index is 0.0866. The maximum atomic E-state index is 13.3. The number of benzene rings is 4. The monoisotopic (exact) mass is 577 g/mol. The molecular weight excluding hydrogens is 542 g/mol. The third-order valence-corrected chi connectivity index (χ3v) is 7.82. The van der Waals surface area contributed by atoms with Gasteiger partial charge in [-0.2, -0.15) is 0 Å². The Morgan fingerprint density at radius 3 is 2.14 bits per heavy atom. The van der Waals surface area contributed by atoms with E-state index < -0.39 is 5.91 Å². The minimum atomic E-state index is -0.444. The molecule has 0 aromatic heterocycles. The average molecular weight is 578 g/mol. The third-order valence-electron chi connectivity index (χ3n) is 6.80. The molecule has 42 heavy (non-hydrogen) atoms. The van der Waals surface area contributed by atoms with Gasteiger partial charge in [0.05, 0.1) is 5.75 Å². The van der Waals surface area contributed by atoms with Crippen LogP contribution in [0.1, 0.15) is 52.4 Å². The van der Waals surface area contributed by atoms with Gasteiger partial charge < -0.3 is 16.0 Å². The van der Waals surface area contributed by atoms with E-state index in [0.717, 1.165) is 27.3 Å². The van der Waals surface area contributed by atoms with Gasteiger partial charge in [0.2, 0.25) is 5.91 Å². The van der Waals surface area contributed by atoms with Crippen molar-refractivity contribution in [2.45, 2.75) is 38.5 Å². The number of rotatable bonds is 10. The largest absolute Gasteiger partial charge is 0.325 e. The van der Waals surface area contributed by atoms with Gasteiger partial charge in [-0.15, -0.1) is 11.8 Å². The van der Waals surface area contributed by atoms with Crippen molar-refractivity contribution in [3.8, 4) is 0 Å². The molecule has 4 rings (SSSR count). The number of nitrogens with one attached hydrogen (secondary N) is 3. The van der Waals surface area contributed by atoms with Crippen LogP contribution in [0.3, 0.4) is 0 Å². The molecule has 0 unspecified atom stereocenters. The van der Waals surface area contributed by atoms with Crippen molar-refractivity contribution in [3.05, 3.63) is 131 Å². The number of anilines is 2. The topological polar surface area (TPSA) is 87.3 Å². The maximum Gasteiger partial charge on any atom is 0.272 e. The van der Waals surface area contributed by atoms with Crippen LogP contribution < -0.4 is 16.0 Å². The summed E-state index contributed by atoms with van der Waals surface area (Å²) in [5.74, 6) is -0.261. The summed E-state index contributed by atoms with van der Waals surface area (Å²) in [6.45, 7) is 8.24. The van der Waals surface area contributed by atoms with Gasteiger partial charge in [-0.1, -0.05) is 68.4 Å². The molecule has 7 heteroatoms. The second-order valence-electron chi connectivity index (χ2n) is 10.3. The van der Waals surface area contributed by atoms with Crippen LogP contribution >= 0.6 is 11.8 Å². The predicted octanol–water partition coefficient (Wildman–Crippen LogP) is 7.57. The van der Waals surface area contributed by atoms with Crippen LogP contribution in [0.15, 0.2) is 108 Å². The van der Waals surface area contributed by atoms with Crippen LogP contribution in [-0.4, -0.2) is 23.5 Å². The van der Waals surface area contributed by atoms with Gasteiger partial charge in [-0.25, -0.2) is 0 Å². The van der Waals surface area contributed by atoms with Crippen molar-refractivity contribution in [2.75, 3.05) is 16.4 Å². The van der Waals surface area contributed by atoms with Gasteiger partial charge in [-0.05, 0) is 90.6 Å². The fourth-order valence-electron chi connectivity index (χ4n) is 4.14. The van der Waals surface area contributed by atoms with Crippen LogP contribution in [-0.2, 0) is 9.59 Å². The number of carbonyl (C=O) groups excluding carboxylic acids is 3. The molecule has 0 atom stereocenters. The number of thioether (sulfide) groups is 1. The summed E-state index contributed by atoms with van der Waals surface area (Å²) < 4.78 is 0. The lowest BCUT2D eigenvalue weighted by molar-refractivity contribution is -0.114. The highest BCUT2D eigenvalue weighted by Crippen LogP contribution is 2.23. The van der Waals surface area contributed by atoms with Gasteiger partial charge >= 0.3 is 0 Å². The summed E-state index contributed by atoms with van der Waals surface area (Å²) in [5.41, 5.74) is 6.13. The van der Waals surface area contributed by atoms with Gasteiger partial charge in [0.15, 0.2) is 0 Å². The van der Waals surface area contributed by atoms with E-state index in [-0.39, 0.29) is 23.3 Å². The standard InChI is InChI=1S/C35H35N3O3S/c1-23(2)27-15-13-26(14-16-27)21-32(38-34(40)28-10-6-5-7-11-28)35(41)36-29-17-19-30(20-18-29)42-22-33(39)37-31-12-8-9-24(3)25(31)4/h5-21,23H,22H2,1-4H3,(H,36,41)(H,37,39)(H,38,40)/b32-21-. The SMILES string of the molecule is Cc1cccc(NC(=O)CSc2ccc(NC(=O)/C(=C/c3ccc(C(C)C)cc3)NC(=O)c3ccccc3)cc2)c1C. The fraction of sp³-hybridized carbons (Fsp3) is 0.171. The first-order valence-electron chi connectivity index (χ1n) is 13.8. The quantitative estimate of drug-likeness (QED) is 0.134. The van der Waals surface area contributed by atoms with E-state index in [4.69, 9.17) is 0 Å². The second kappa shape index (κ2) is 14.3. The Bertz CT molecular complexity index is 1580. The Labute approximate surface area is 251 Å².